The van der Waals surface area contributed by atoms with Gasteiger partial charge in [0.25, 0.3) is 0 Å². The predicted molar refractivity (Wildman–Crippen MR) is 74.5 cm³/mol. The lowest BCUT2D eigenvalue weighted by Gasteiger charge is -2.32. The first kappa shape index (κ1) is 12.5. The summed E-state index contributed by atoms with van der Waals surface area (Å²) in [7, 11) is 0. The molecule has 2 unspecified atom stereocenters. The van der Waals surface area contributed by atoms with Crippen molar-refractivity contribution in [1.29, 1.82) is 0 Å². The fourth-order valence-corrected chi connectivity index (χ4v) is 3.13. The van der Waals surface area contributed by atoms with Gasteiger partial charge in [-0.2, -0.15) is 0 Å². The van der Waals surface area contributed by atoms with Gasteiger partial charge >= 0.3 is 0 Å². The first-order chi connectivity index (χ1) is 9.29. The molecule has 1 aromatic rings. The Bertz CT molecular complexity index is 458. The SMILES string of the molecule is CCOc1ccc(N2C(=O)CC3NCCCC32)cc1. The number of benzene rings is 1. The highest BCUT2D eigenvalue weighted by molar-refractivity contribution is 5.97. The van der Waals surface area contributed by atoms with Gasteiger partial charge in [0.15, 0.2) is 0 Å². The maximum atomic E-state index is 12.2. The number of nitrogens with zero attached hydrogens (tertiary/aromatic N) is 1. The van der Waals surface area contributed by atoms with E-state index >= 15 is 0 Å². The van der Waals surface area contributed by atoms with Crippen LogP contribution < -0.4 is 15.0 Å². The van der Waals surface area contributed by atoms with Gasteiger partial charge in [0.2, 0.25) is 5.91 Å². The monoisotopic (exact) mass is 260 g/mol. The maximum Gasteiger partial charge on any atom is 0.228 e. The molecule has 2 aliphatic heterocycles. The van der Waals surface area contributed by atoms with Gasteiger partial charge in [0, 0.05) is 18.2 Å². The molecule has 2 saturated heterocycles. The van der Waals surface area contributed by atoms with Crippen LogP contribution in [0, 0.1) is 0 Å². The molecule has 102 valence electrons. The van der Waals surface area contributed by atoms with Gasteiger partial charge in [-0.15, -0.1) is 0 Å². The molecule has 2 aliphatic rings. The van der Waals surface area contributed by atoms with Gasteiger partial charge in [0.05, 0.1) is 12.6 Å². The van der Waals surface area contributed by atoms with E-state index in [0.717, 1.165) is 30.8 Å². The van der Waals surface area contributed by atoms with Crippen molar-refractivity contribution in [2.45, 2.75) is 38.3 Å². The van der Waals surface area contributed by atoms with Gasteiger partial charge in [-0.25, -0.2) is 0 Å². The Morgan fingerprint density at radius 2 is 2.16 bits per heavy atom. The van der Waals surface area contributed by atoms with Crippen LogP contribution in [-0.2, 0) is 4.79 Å². The summed E-state index contributed by atoms with van der Waals surface area (Å²) in [4.78, 5) is 14.2. The minimum atomic E-state index is 0.230. The smallest absolute Gasteiger partial charge is 0.228 e. The van der Waals surface area contributed by atoms with E-state index in [0.29, 0.717) is 25.1 Å². The Hall–Kier alpha value is -1.55. The van der Waals surface area contributed by atoms with Crippen LogP contribution in [0.1, 0.15) is 26.2 Å². The van der Waals surface area contributed by atoms with Gasteiger partial charge in [-0.3, -0.25) is 4.79 Å². The van der Waals surface area contributed by atoms with Crippen LogP contribution in [0.5, 0.6) is 5.75 Å². The summed E-state index contributed by atoms with van der Waals surface area (Å²) in [6.45, 7) is 3.67. The molecular formula is C15H20N2O2. The number of carbonyl (C=O) groups excluding carboxylic acids is 1. The number of piperidine rings is 1. The Balaban J connectivity index is 1.82. The molecule has 4 nitrogen and oxygen atoms in total. The van der Waals surface area contributed by atoms with E-state index in [-0.39, 0.29) is 5.91 Å². The van der Waals surface area contributed by atoms with Crippen LogP contribution in [-0.4, -0.2) is 31.1 Å². The largest absolute Gasteiger partial charge is 0.494 e. The Morgan fingerprint density at radius 1 is 1.37 bits per heavy atom. The fourth-order valence-electron chi connectivity index (χ4n) is 3.13. The zero-order valence-corrected chi connectivity index (χ0v) is 11.3. The van der Waals surface area contributed by atoms with Crippen molar-refractivity contribution >= 4 is 11.6 Å². The number of hydrogen-bond donors (Lipinski definition) is 1. The number of rotatable bonds is 3. The van der Waals surface area contributed by atoms with Gasteiger partial charge in [-0.05, 0) is 50.6 Å². The maximum absolute atomic E-state index is 12.2. The quantitative estimate of drug-likeness (QED) is 0.903. The summed E-state index contributed by atoms with van der Waals surface area (Å²) in [5.41, 5.74) is 0.990. The van der Waals surface area contributed by atoms with Gasteiger partial charge in [-0.1, -0.05) is 0 Å². The predicted octanol–water partition coefficient (Wildman–Crippen LogP) is 1.94. The molecule has 3 rings (SSSR count). The number of carbonyl (C=O) groups is 1. The van der Waals surface area contributed by atoms with Gasteiger partial charge in [0.1, 0.15) is 5.75 Å². The van der Waals surface area contributed by atoms with E-state index in [1.54, 1.807) is 0 Å². The Kier molecular flexibility index (Phi) is 3.42. The van der Waals surface area contributed by atoms with E-state index in [1.807, 2.05) is 36.1 Å². The summed E-state index contributed by atoms with van der Waals surface area (Å²) in [6, 6.07) is 8.50. The molecule has 1 N–H and O–H groups in total. The average molecular weight is 260 g/mol. The van der Waals surface area contributed by atoms with E-state index in [2.05, 4.69) is 5.32 Å². The molecule has 2 heterocycles. The highest BCUT2D eigenvalue weighted by Crippen LogP contribution is 2.32. The van der Waals surface area contributed by atoms with E-state index in [4.69, 9.17) is 4.74 Å². The summed E-state index contributed by atoms with van der Waals surface area (Å²) in [6.07, 6.45) is 2.86. The molecular weight excluding hydrogens is 240 g/mol. The van der Waals surface area contributed by atoms with Gasteiger partial charge < -0.3 is 15.0 Å². The molecule has 0 aromatic heterocycles. The molecule has 2 atom stereocenters. The molecule has 0 bridgehead atoms. The molecule has 1 aromatic carbocycles. The van der Waals surface area contributed by atoms with Crippen molar-refractivity contribution in [3.63, 3.8) is 0 Å². The molecule has 0 spiro atoms. The average Bonchev–Trinajstić information content (AvgIpc) is 2.76. The summed E-state index contributed by atoms with van der Waals surface area (Å²) in [5.74, 6) is 1.09. The van der Waals surface area contributed by atoms with E-state index in [1.165, 1.54) is 0 Å². The van der Waals surface area contributed by atoms with Crippen molar-refractivity contribution in [3.8, 4) is 5.75 Å². The molecule has 1 amide bonds. The lowest BCUT2D eigenvalue weighted by molar-refractivity contribution is -0.117. The Labute approximate surface area is 113 Å². The summed E-state index contributed by atoms with van der Waals surface area (Å²) >= 11 is 0. The van der Waals surface area contributed by atoms with Crippen LogP contribution in [0.25, 0.3) is 0 Å². The molecule has 4 heteroatoms. The third kappa shape index (κ3) is 2.32. The van der Waals surface area contributed by atoms with Crippen LogP contribution in [0.4, 0.5) is 5.69 Å². The highest BCUT2D eigenvalue weighted by atomic mass is 16.5. The topological polar surface area (TPSA) is 41.6 Å². The second-order valence-corrected chi connectivity index (χ2v) is 5.16. The molecule has 2 fully saturated rings. The third-order valence-electron chi connectivity index (χ3n) is 3.97. The minimum Gasteiger partial charge on any atom is -0.494 e. The van der Waals surface area contributed by atoms with Crippen LogP contribution in [0.15, 0.2) is 24.3 Å². The summed E-state index contributed by atoms with van der Waals surface area (Å²) < 4.78 is 5.44. The number of amides is 1. The standard InChI is InChI=1S/C15H20N2O2/c1-2-19-12-7-5-11(6-8-12)17-14-4-3-9-16-13(14)10-15(17)18/h5-8,13-14,16H,2-4,9-10H2,1H3. The number of ether oxygens (including phenoxy) is 1. The van der Waals surface area contributed by atoms with Crippen molar-refractivity contribution in [3.05, 3.63) is 24.3 Å². The molecule has 19 heavy (non-hydrogen) atoms. The van der Waals surface area contributed by atoms with Crippen LogP contribution in [0.3, 0.4) is 0 Å². The first-order valence-electron chi connectivity index (χ1n) is 7.08. The number of nitrogens with one attached hydrogen (secondary N) is 1. The minimum absolute atomic E-state index is 0.230. The second-order valence-electron chi connectivity index (χ2n) is 5.16. The lowest BCUT2D eigenvalue weighted by atomic mass is 9.99. The van der Waals surface area contributed by atoms with Crippen molar-refractivity contribution in [1.82, 2.24) is 5.32 Å². The summed E-state index contributed by atoms with van der Waals surface area (Å²) in [5, 5.41) is 3.46. The molecule has 0 saturated carbocycles. The van der Waals surface area contributed by atoms with Crippen molar-refractivity contribution in [2.24, 2.45) is 0 Å². The van der Waals surface area contributed by atoms with E-state index < -0.39 is 0 Å². The number of fused-ring (bicyclic) bond motifs is 1. The van der Waals surface area contributed by atoms with Crippen LogP contribution >= 0.6 is 0 Å². The van der Waals surface area contributed by atoms with Crippen LogP contribution in [0.2, 0.25) is 0 Å². The lowest BCUT2D eigenvalue weighted by Crippen LogP contribution is -2.47. The highest BCUT2D eigenvalue weighted by Gasteiger charge is 2.41. The Morgan fingerprint density at radius 3 is 2.89 bits per heavy atom. The normalized spacial score (nSPS) is 26.4. The van der Waals surface area contributed by atoms with Crippen molar-refractivity contribution < 1.29 is 9.53 Å². The fraction of sp³-hybridized carbons (Fsp3) is 0.533. The van der Waals surface area contributed by atoms with Crippen molar-refractivity contribution in [2.75, 3.05) is 18.1 Å². The zero-order valence-electron chi connectivity index (χ0n) is 11.3. The number of anilines is 1. The number of hydrogen-bond acceptors (Lipinski definition) is 3. The molecule has 0 radical (unpaired) electrons. The zero-order chi connectivity index (χ0) is 13.2. The van der Waals surface area contributed by atoms with E-state index in [9.17, 15) is 4.79 Å². The first-order valence-corrected chi connectivity index (χ1v) is 7.08. The molecule has 0 aliphatic carbocycles. The third-order valence-corrected chi connectivity index (χ3v) is 3.97. The second kappa shape index (κ2) is 5.21.